The minimum atomic E-state index is -0.184. The van der Waals surface area contributed by atoms with Crippen molar-refractivity contribution >= 4 is 0 Å². The predicted octanol–water partition coefficient (Wildman–Crippen LogP) is 3.68. The van der Waals surface area contributed by atoms with E-state index < -0.39 is 0 Å². The maximum atomic E-state index is 13.0. The lowest BCUT2D eigenvalue weighted by atomic mass is 10.1. The van der Waals surface area contributed by atoms with Gasteiger partial charge >= 0.3 is 0 Å². The van der Waals surface area contributed by atoms with Crippen molar-refractivity contribution in [1.82, 2.24) is 5.32 Å². The van der Waals surface area contributed by atoms with Crippen molar-refractivity contribution in [2.75, 3.05) is 13.2 Å². The van der Waals surface area contributed by atoms with Gasteiger partial charge in [0.1, 0.15) is 11.6 Å². The zero-order valence-corrected chi connectivity index (χ0v) is 11.8. The van der Waals surface area contributed by atoms with Crippen molar-refractivity contribution in [3.8, 4) is 5.75 Å². The van der Waals surface area contributed by atoms with Crippen LogP contribution >= 0.6 is 0 Å². The van der Waals surface area contributed by atoms with Crippen molar-refractivity contribution in [3.05, 3.63) is 29.6 Å². The third-order valence-electron chi connectivity index (χ3n) is 2.62. The lowest BCUT2D eigenvalue weighted by Gasteiger charge is -2.20. The smallest absolute Gasteiger partial charge is 0.126 e. The summed E-state index contributed by atoms with van der Waals surface area (Å²) in [6, 6.07) is 4.87. The summed E-state index contributed by atoms with van der Waals surface area (Å²) in [7, 11) is 0. The van der Waals surface area contributed by atoms with Gasteiger partial charge in [-0.1, -0.05) is 0 Å². The summed E-state index contributed by atoms with van der Waals surface area (Å²) in [5.41, 5.74) is 0.802. The normalized spacial score (nSPS) is 11.6. The highest BCUT2D eigenvalue weighted by Crippen LogP contribution is 2.16. The highest BCUT2D eigenvalue weighted by Gasteiger charge is 2.07. The molecular weight excluding hydrogens is 229 g/mol. The van der Waals surface area contributed by atoms with Crippen LogP contribution in [-0.4, -0.2) is 18.7 Å². The molecule has 1 aromatic rings. The number of hydrogen-bond acceptors (Lipinski definition) is 2. The summed E-state index contributed by atoms with van der Waals surface area (Å²) < 4.78 is 18.6. The second-order valence-electron chi connectivity index (χ2n) is 5.64. The summed E-state index contributed by atoms with van der Waals surface area (Å²) in [6.45, 7) is 9.89. The first kappa shape index (κ1) is 15.0. The van der Waals surface area contributed by atoms with E-state index in [-0.39, 0.29) is 11.4 Å². The minimum Gasteiger partial charge on any atom is -0.494 e. The fourth-order valence-electron chi connectivity index (χ4n) is 1.59. The van der Waals surface area contributed by atoms with Gasteiger partial charge in [-0.2, -0.15) is 0 Å². The second-order valence-corrected chi connectivity index (χ2v) is 5.64. The maximum Gasteiger partial charge on any atom is 0.126 e. The molecule has 3 heteroatoms. The Morgan fingerprint density at radius 1 is 1.22 bits per heavy atom. The van der Waals surface area contributed by atoms with E-state index in [0.717, 1.165) is 25.1 Å². The van der Waals surface area contributed by atoms with Crippen LogP contribution in [0.15, 0.2) is 18.2 Å². The zero-order chi connectivity index (χ0) is 13.6. The summed E-state index contributed by atoms with van der Waals surface area (Å²) >= 11 is 0. The standard InChI is InChI=1S/C15H24FNO/c1-12-11-13(7-8-14(12)16)18-10-6-5-9-17-15(2,3)4/h7-8,11,17H,5-6,9-10H2,1-4H3. The Bertz CT molecular complexity index is 371. The summed E-state index contributed by atoms with van der Waals surface area (Å²) in [5.74, 6) is 0.564. The molecule has 0 spiro atoms. The maximum absolute atomic E-state index is 13.0. The predicted molar refractivity (Wildman–Crippen MR) is 73.6 cm³/mol. The molecule has 2 nitrogen and oxygen atoms in total. The second kappa shape index (κ2) is 6.74. The van der Waals surface area contributed by atoms with Gasteiger partial charge in [-0.25, -0.2) is 4.39 Å². The number of halogens is 1. The van der Waals surface area contributed by atoms with E-state index in [0.29, 0.717) is 12.2 Å². The molecule has 0 saturated carbocycles. The highest BCUT2D eigenvalue weighted by molar-refractivity contribution is 5.28. The third-order valence-corrected chi connectivity index (χ3v) is 2.62. The molecule has 0 unspecified atom stereocenters. The highest BCUT2D eigenvalue weighted by atomic mass is 19.1. The Balaban J connectivity index is 2.16. The number of aryl methyl sites for hydroxylation is 1. The lowest BCUT2D eigenvalue weighted by molar-refractivity contribution is 0.301. The molecule has 1 rings (SSSR count). The first-order valence-electron chi connectivity index (χ1n) is 6.52. The quantitative estimate of drug-likeness (QED) is 0.781. The van der Waals surface area contributed by atoms with Gasteiger partial charge < -0.3 is 10.1 Å². The monoisotopic (exact) mass is 253 g/mol. The summed E-state index contributed by atoms with van der Waals surface area (Å²) in [4.78, 5) is 0. The molecule has 0 aliphatic rings. The molecule has 0 bridgehead atoms. The molecule has 0 fully saturated rings. The van der Waals surface area contributed by atoms with Gasteiger partial charge in [0.2, 0.25) is 0 Å². The van der Waals surface area contributed by atoms with Gasteiger partial charge in [0.25, 0.3) is 0 Å². The van der Waals surface area contributed by atoms with Gasteiger partial charge in [0.05, 0.1) is 6.61 Å². The topological polar surface area (TPSA) is 21.3 Å². The molecule has 0 aliphatic carbocycles. The third kappa shape index (κ3) is 6.01. The van der Waals surface area contributed by atoms with Crippen LogP contribution in [0.3, 0.4) is 0 Å². The van der Waals surface area contributed by atoms with E-state index in [1.807, 2.05) is 0 Å². The van der Waals surface area contributed by atoms with Crippen LogP contribution in [-0.2, 0) is 0 Å². The van der Waals surface area contributed by atoms with Crippen LogP contribution < -0.4 is 10.1 Å². The van der Waals surface area contributed by atoms with Gasteiger partial charge in [0.15, 0.2) is 0 Å². The minimum absolute atomic E-state index is 0.176. The summed E-state index contributed by atoms with van der Waals surface area (Å²) in [6.07, 6.45) is 2.08. The first-order valence-corrected chi connectivity index (χ1v) is 6.52. The molecule has 0 aliphatic heterocycles. The first-order chi connectivity index (χ1) is 8.38. The van der Waals surface area contributed by atoms with Crippen molar-refractivity contribution in [3.63, 3.8) is 0 Å². The van der Waals surface area contributed by atoms with Gasteiger partial charge in [-0.15, -0.1) is 0 Å². The number of hydrogen-bond donors (Lipinski definition) is 1. The van der Waals surface area contributed by atoms with E-state index in [4.69, 9.17) is 4.74 Å². The molecule has 0 amide bonds. The van der Waals surface area contributed by atoms with Crippen LogP contribution in [0.1, 0.15) is 39.2 Å². The van der Waals surface area contributed by atoms with Gasteiger partial charge in [0, 0.05) is 5.54 Å². The van der Waals surface area contributed by atoms with E-state index in [9.17, 15) is 4.39 Å². The lowest BCUT2D eigenvalue weighted by Crippen LogP contribution is -2.36. The molecule has 0 aromatic heterocycles. The number of unbranched alkanes of at least 4 members (excludes halogenated alkanes) is 1. The van der Waals surface area contributed by atoms with Gasteiger partial charge in [-0.3, -0.25) is 0 Å². The molecule has 18 heavy (non-hydrogen) atoms. The van der Waals surface area contributed by atoms with Crippen molar-refractivity contribution < 1.29 is 9.13 Å². The number of rotatable bonds is 6. The summed E-state index contributed by atoms with van der Waals surface area (Å²) in [5, 5.41) is 3.43. The Morgan fingerprint density at radius 2 is 1.94 bits per heavy atom. The van der Waals surface area contributed by atoms with Crippen molar-refractivity contribution in [2.45, 2.75) is 46.1 Å². The number of nitrogens with one attached hydrogen (secondary N) is 1. The molecular formula is C15H24FNO. The number of benzene rings is 1. The Kier molecular flexibility index (Phi) is 5.60. The van der Waals surface area contributed by atoms with Crippen LogP contribution in [0.4, 0.5) is 4.39 Å². The Hall–Kier alpha value is -1.09. The molecule has 0 atom stereocenters. The Morgan fingerprint density at radius 3 is 2.56 bits per heavy atom. The number of ether oxygens (including phenoxy) is 1. The van der Waals surface area contributed by atoms with Crippen LogP contribution in [0.2, 0.25) is 0 Å². The molecule has 102 valence electrons. The van der Waals surface area contributed by atoms with Crippen molar-refractivity contribution in [1.29, 1.82) is 0 Å². The molecule has 0 radical (unpaired) electrons. The average molecular weight is 253 g/mol. The molecule has 1 N–H and O–H groups in total. The molecule has 1 aromatic carbocycles. The van der Waals surface area contributed by atoms with Crippen molar-refractivity contribution in [2.24, 2.45) is 0 Å². The van der Waals surface area contributed by atoms with E-state index in [1.54, 1.807) is 19.1 Å². The fourth-order valence-corrected chi connectivity index (χ4v) is 1.59. The van der Waals surface area contributed by atoms with E-state index in [2.05, 4.69) is 26.1 Å². The largest absolute Gasteiger partial charge is 0.494 e. The van der Waals surface area contributed by atoms with E-state index >= 15 is 0 Å². The van der Waals surface area contributed by atoms with Crippen LogP contribution in [0, 0.1) is 12.7 Å². The van der Waals surface area contributed by atoms with E-state index in [1.165, 1.54) is 6.07 Å². The fraction of sp³-hybridized carbons (Fsp3) is 0.600. The SMILES string of the molecule is Cc1cc(OCCCCNC(C)(C)C)ccc1F. The average Bonchev–Trinajstić information content (AvgIpc) is 2.26. The molecule has 0 saturated heterocycles. The Labute approximate surface area is 110 Å². The van der Waals surface area contributed by atoms with Crippen LogP contribution in [0.25, 0.3) is 0 Å². The zero-order valence-electron chi connectivity index (χ0n) is 11.8. The molecule has 0 heterocycles. The van der Waals surface area contributed by atoms with Gasteiger partial charge in [-0.05, 0) is 70.8 Å². The van der Waals surface area contributed by atoms with Crippen LogP contribution in [0.5, 0.6) is 5.75 Å².